The third kappa shape index (κ3) is 7.48. The first-order valence-electron chi connectivity index (χ1n) is 8.43. The normalized spacial score (nSPS) is 12.4. The molecule has 0 spiro atoms. The minimum Gasteiger partial charge on any atom is -0.550 e. The second kappa shape index (κ2) is 12.6. The molecule has 0 aliphatic carbocycles. The van der Waals surface area contributed by atoms with Gasteiger partial charge in [-0.05, 0) is 41.7 Å². The van der Waals surface area contributed by atoms with Gasteiger partial charge in [-0.25, -0.2) is 0 Å². The van der Waals surface area contributed by atoms with E-state index in [0.717, 1.165) is 5.56 Å². The van der Waals surface area contributed by atoms with Gasteiger partial charge in [-0.2, -0.15) is 0 Å². The number of halogens is 1. The fraction of sp³-hybridized carbons (Fsp3) is 0.300. The number of methoxy groups -OCH3 is 1. The summed E-state index contributed by atoms with van der Waals surface area (Å²) in [7, 11) is 1.55. The van der Waals surface area contributed by atoms with Crippen LogP contribution in [-0.2, 0) is 9.59 Å². The van der Waals surface area contributed by atoms with Gasteiger partial charge in [-0.1, -0.05) is 41.9 Å². The van der Waals surface area contributed by atoms with E-state index >= 15 is 0 Å². The molecule has 2 aromatic carbocycles. The molecule has 8 heteroatoms. The van der Waals surface area contributed by atoms with Crippen molar-refractivity contribution in [2.45, 2.75) is 18.9 Å². The van der Waals surface area contributed by atoms with E-state index in [1.165, 1.54) is 0 Å². The zero-order valence-corrected chi connectivity index (χ0v) is 19.7. The maximum absolute atomic E-state index is 12.5. The van der Waals surface area contributed by atoms with Crippen LogP contribution >= 0.6 is 11.6 Å². The molecule has 0 bridgehead atoms. The summed E-state index contributed by atoms with van der Waals surface area (Å²) in [5, 5.41) is 23.4. The van der Waals surface area contributed by atoms with Crippen LogP contribution in [0.1, 0.15) is 30.0 Å². The average molecular weight is 430 g/mol. The van der Waals surface area contributed by atoms with Gasteiger partial charge in [-0.15, -0.1) is 0 Å². The van der Waals surface area contributed by atoms with Gasteiger partial charge in [0.2, 0.25) is 5.91 Å². The first-order valence-corrected chi connectivity index (χ1v) is 8.80. The van der Waals surface area contributed by atoms with E-state index in [-0.39, 0.29) is 64.2 Å². The molecule has 2 N–H and O–H groups in total. The number of aliphatic carboxylic acids is 1. The van der Waals surface area contributed by atoms with Gasteiger partial charge in [-0.3, -0.25) is 4.79 Å². The summed E-state index contributed by atoms with van der Waals surface area (Å²) in [6.07, 6.45) is -0.532. The van der Waals surface area contributed by atoms with E-state index in [9.17, 15) is 19.8 Å². The first kappa shape index (κ1) is 25.1. The second-order valence-corrected chi connectivity index (χ2v) is 6.53. The summed E-state index contributed by atoms with van der Waals surface area (Å²) in [4.78, 5) is 23.3. The van der Waals surface area contributed by atoms with E-state index < -0.39 is 30.4 Å². The number of amides is 1. The van der Waals surface area contributed by atoms with E-state index in [4.69, 9.17) is 16.3 Å². The van der Waals surface area contributed by atoms with Crippen molar-refractivity contribution in [3.63, 3.8) is 0 Å². The van der Waals surface area contributed by atoms with Crippen molar-refractivity contribution in [3.8, 4) is 5.75 Å². The maximum Gasteiger partial charge on any atom is 1.00 e. The Morgan fingerprint density at radius 2 is 1.89 bits per heavy atom. The van der Waals surface area contributed by atoms with Crippen molar-refractivity contribution in [2.75, 3.05) is 13.7 Å². The van der Waals surface area contributed by atoms with E-state index in [0.29, 0.717) is 16.3 Å². The van der Waals surface area contributed by atoms with Crippen molar-refractivity contribution < 1.29 is 75.9 Å². The number of nitrogens with one attached hydrogen (secondary N) is 1. The summed E-state index contributed by atoms with van der Waals surface area (Å²) < 4.78 is 5.25. The Kier molecular flexibility index (Phi) is 11.3. The number of aliphatic hydroxyl groups is 1. The Morgan fingerprint density at radius 1 is 1.18 bits per heavy atom. The van der Waals surface area contributed by atoms with E-state index in [1.807, 2.05) is 12.1 Å². The number of hydrogen-bond acceptors (Lipinski definition) is 5. The van der Waals surface area contributed by atoms with Gasteiger partial charge in [0.25, 0.3) is 0 Å². The monoisotopic (exact) mass is 429 g/mol. The molecule has 2 rings (SSSR count). The van der Waals surface area contributed by atoms with Crippen LogP contribution < -0.4 is 66.5 Å². The van der Waals surface area contributed by atoms with Gasteiger partial charge in [0.15, 0.2) is 0 Å². The Morgan fingerprint density at radius 3 is 2.50 bits per heavy atom. The summed E-state index contributed by atoms with van der Waals surface area (Å²) in [6.45, 7) is -0.419. The number of aliphatic hydroxyl groups excluding tert-OH is 1. The molecule has 28 heavy (non-hydrogen) atoms. The van der Waals surface area contributed by atoms with Crippen molar-refractivity contribution in [1.29, 1.82) is 0 Å². The SMILES string of the molecule is COc1cccc(C(NC(=O)CC(CO)CC(=O)[O-])c2ccccc2Cl)c1.[K+]. The van der Waals surface area contributed by atoms with Crippen molar-refractivity contribution in [3.05, 3.63) is 64.7 Å². The topological polar surface area (TPSA) is 98.7 Å². The molecule has 2 aromatic rings. The molecular formula is C20H21ClKNO5. The molecule has 2 unspecified atom stereocenters. The number of rotatable bonds is 9. The van der Waals surface area contributed by atoms with E-state index in [1.54, 1.807) is 43.5 Å². The molecule has 0 saturated carbocycles. The zero-order valence-electron chi connectivity index (χ0n) is 15.9. The minimum atomic E-state index is -1.31. The van der Waals surface area contributed by atoms with Gasteiger partial charge in [0, 0.05) is 24.0 Å². The van der Waals surface area contributed by atoms with Crippen LogP contribution in [0.5, 0.6) is 5.75 Å². The summed E-state index contributed by atoms with van der Waals surface area (Å²) >= 11 is 6.32. The Bertz CT molecular complexity index is 802. The number of hydrogen-bond donors (Lipinski definition) is 2. The minimum absolute atomic E-state index is 0. The Hall–Kier alpha value is -0.934. The van der Waals surface area contributed by atoms with Gasteiger partial charge in [0.1, 0.15) is 5.75 Å². The summed E-state index contributed by atoms with van der Waals surface area (Å²) in [5.41, 5.74) is 1.46. The maximum atomic E-state index is 12.5. The Labute approximate surface area is 211 Å². The summed E-state index contributed by atoms with van der Waals surface area (Å²) in [5.74, 6) is -1.79. The summed E-state index contributed by atoms with van der Waals surface area (Å²) in [6, 6.07) is 13.8. The number of benzene rings is 2. The molecule has 144 valence electrons. The molecule has 0 saturated heterocycles. The molecule has 6 nitrogen and oxygen atoms in total. The molecule has 0 aliphatic heterocycles. The molecule has 0 aromatic heterocycles. The molecule has 0 fully saturated rings. The quantitative estimate of drug-likeness (QED) is 0.483. The van der Waals surface area contributed by atoms with Gasteiger partial charge < -0.3 is 25.1 Å². The molecule has 0 heterocycles. The van der Waals surface area contributed by atoms with Crippen LogP contribution in [0, 0.1) is 5.92 Å². The van der Waals surface area contributed by atoms with Crippen LogP contribution in [0.15, 0.2) is 48.5 Å². The van der Waals surface area contributed by atoms with Crippen molar-refractivity contribution in [1.82, 2.24) is 5.32 Å². The molecule has 0 radical (unpaired) electrons. The van der Waals surface area contributed by atoms with Crippen LogP contribution in [0.4, 0.5) is 0 Å². The van der Waals surface area contributed by atoms with Crippen LogP contribution in [0.25, 0.3) is 0 Å². The zero-order chi connectivity index (χ0) is 19.8. The number of ether oxygens (including phenoxy) is 1. The van der Waals surface area contributed by atoms with Crippen LogP contribution in [0.3, 0.4) is 0 Å². The predicted octanol–water partition coefficient (Wildman–Crippen LogP) is -1.30. The number of carbonyl (C=O) groups excluding carboxylic acids is 2. The number of carboxylic acid groups (broad SMARTS) is 1. The second-order valence-electron chi connectivity index (χ2n) is 6.13. The van der Waals surface area contributed by atoms with Crippen LogP contribution in [0.2, 0.25) is 5.02 Å². The smallest absolute Gasteiger partial charge is 0.550 e. The standard InChI is InChI=1S/C20H22ClNO5.K/c1-27-15-6-4-5-14(11-15)20(16-7-2-3-8-17(16)21)22-18(24)9-13(12-23)10-19(25)26;/h2-8,11,13,20,23H,9-10,12H2,1H3,(H,22,24)(H,25,26);/q;+1/p-1. The third-order valence-corrected chi connectivity index (χ3v) is 4.48. The van der Waals surface area contributed by atoms with Gasteiger partial charge >= 0.3 is 51.4 Å². The van der Waals surface area contributed by atoms with E-state index in [2.05, 4.69) is 5.32 Å². The fourth-order valence-corrected chi connectivity index (χ4v) is 3.03. The third-order valence-electron chi connectivity index (χ3n) is 4.14. The molecular weight excluding hydrogens is 409 g/mol. The molecule has 0 aliphatic rings. The Balaban J connectivity index is 0.00000392. The fourth-order valence-electron chi connectivity index (χ4n) is 2.79. The van der Waals surface area contributed by atoms with Gasteiger partial charge in [0.05, 0.1) is 13.2 Å². The van der Waals surface area contributed by atoms with Crippen molar-refractivity contribution >= 4 is 23.5 Å². The average Bonchev–Trinajstić information content (AvgIpc) is 2.66. The molecule has 2 atom stereocenters. The largest absolute Gasteiger partial charge is 1.00 e. The predicted molar refractivity (Wildman–Crippen MR) is 99.2 cm³/mol. The molecule has 1 amide bonds. The number of carbonyl (C=O) groups is 2. The van der Waals surface area contributed by atoms with Crippen molar-refractivity contribution in [2.24, 2.45) is 5.92 Å². The number of carboxylic acids is 1. The van der Waals surface area contributed by atoms with Crippen LogP contribution in [-0.4, -0.2) is 30.7 Å². The first-order chi connectivity index (χ1) is 12.9.